The number of sulfone groups is 1. The monoisotopic (exact) mass is 1200 g/mol. The van der Waals surface area contributed by atoms with Crippen molar-refractivity contribution in [3.8, 4) is 16.9 Å². The van der Waals surface area contributed by atoms with Crippen LogP contribution in [-0.2, 0) is 67.3 Å². The molecule has 0 aliphatic heterocycles. The van der Waals surface area contributed by atoms with Gasteiger partial charge in [0.15, 0.2) is 27.1 Å². The van der Waals surface area contributed by atoms with Gasteiger partial charge in [-0.3, -0.25) is 33.8 Å². The molecule has 0 saturated heterocycles. The number of urea groups is 1. The van der Waals surface area contributed by atoms with Crippen LogP contribution in [0, 0.1) is 17.6 Å². The Balaban J connectivity index is 1.35. The van der Waals surface area contributed by atoms with Crippen molar-refractivity contribution in [2.45, 2.75) is 87.6 Å². The van der Waals surface area contributed by atoms with Crippen LogP contribution in [0.4, 0.5) is 60.2 Å². The van der Waals surface area contributed by atoms with Gasteiger partial charge in [0.1, 0.15) is 30.4 Å². The normalized spacial score (nSPS) is 16.8. The topological polar surface area (TPSA) is 236 Å². The van der Waals surface area contributed by atoms with E-state index < -0.39 is 173 Å². The molecule has 1 unspecified atom stereocenters. The second-order valence-electron chi connectivity index (χ2n) is 19.5. The van der Waals surface area contributed by atoms with Gasteiger partial charge >= 0.3 is 26.2 Å². The van der Waals surface area contributed by atoms with Crippen molar-refractivity contribution in [2.75, 3.05) is 28.8 Å². The number of anilines is 2. The summed E-state index contributed by atoms with van der Waals surface area (Å²) < 4.78 is 217. The molecule has 3 atom stereocenters. The summed E-state index contributed by atoms with van der Waals surface area (Å²) in [4.78, 5) is 53.1. The molecule has 0 spiro atoms. The highest BCUT2D eigenvalue weighted by atomic mass is 35.5. The smallest absolute Gasteiger partial charge is 0.402 e. The van der Waals surface area contributed by atoms with Crippen LogP contribution >= 0.6 is 19.4 Å². The molecule has 0 bridgehead atoms. The molecule has 2 aliphatic carbocycles. The van der Waals surface area contributed by atoms with E-state index in [1.165, 1.54) is 38.1 Å². The third-order valence-electron chi connectivity index (χ3n) is 13.4. The molecule has 8 rings (SSSR count). The largest absolute Gasteiger partial charge is 0.524 e. The minimum Gasteiger partial charge on any atom is -0.402 e. The van der Waals surface area contributed by atoms with Crippen molar-refractivity contribution in [3.63, 3.8) is 0 Å². The van der Waals surface area contributed by atoms with Gasteiger partial charge in [0.2, 0.25) is 15.9 Å². The van der Waals surface area contributed by atoms with E-state index in [0.717, 1.165) is 49.7 Å². The number of alkyl halides is 8. The number of pyridine rings is 1. The van der Waals surface area contributed by atoms with Gasteiger partial charge in [-0.05, 0) is 87.4 Å². The van der Waals surface area contributed by atoms with E-state index in [-0.39, 0.29) is 49.8 Å². The van der Waals surface area contributed by atoms with Crippen molar-refractivity contribution in [1.29, 1.82) is 0 Å². The summed E-state index contributed by atoms with van der Waals surface area (Å²) in [6, 6.07) is 7.82. The second kappa shape index (κ2) is 20.3. The number of aryl methyl sites for hydroxylation is 1. The maximum absolute atomic E-state index is 15.7. The molecule has 18 nitrogen and oxygen atoms in total. The Morgan fingerprint density at radius 1 is 0.937 bits per heavy atom. The number of sulfonamides is 1. The summed E-state index contributed by atoms with van der Waals surface area (Å²) in [6.45, 7) is -0.597. The lowest BCUT2D eigenvalue weighted by Crippen LogP contribution is -2.45. The van der Waals surface area contributed by atoms with Gasteiger partial charge in [-0.1, -0.05) is 35.9 Å². The summed E-state index contributed by atoms with van der Waals surface area (Å²) in [5, 5.41) is 8.57. The standard InChI is InChI=1S/C47H44ClF10N8O10PS2/c1-44(2,78(4,72)73)15-14-26-10-11-27(38(59-26)32(18-23-16-24(49)19-25(50)17-23)60-35(67)21-64-41-36(40(61-64)47(56,57)58)29-20-30(29)46(41,54)55)28-12-13-31(48)37-39(28)65(22-45(51,52)53)62-42(37)66(79(5,74)75)43(68)63(3)33-8-6-7-9-34(33)76-77(69,70)71/h6-13,16-17,19,29-30,32H,14-15,18,20-22H2,1-5H3,(H,60,67)(H2,69,70,71)/t29-,30?,32-/m0/s1. The van der Waals surface area contributed by atoms with Crippen LogP contribution < -0.4 is 19.0 Å². The molecule has 3 aromatic carbocycles. The van der Waals surface area contributed by atoms with Crippen LogP contribution in [0.3, 0.4) is 0 Å². The van der Waals surface area contributed by atoms with Gasteiger partial charge in [0, 0.05) is 47.7 Å². The molecule has 3 heterocycles. The number of carbonyl (C=O) groups is 2. The Morgan fingerprint density at radius 3 is 2.16 bits per heavy atom. The van der Waals surface area contributed by atoms with E-state index in [1.807, 2.05) is 0 Å². The van der Waals surface area contributed by atoms with Crippen LogP contribution in [-0.4, -0.2) is 93.6 Å². The van der Waals surface area contributed by atoms with Crippen LogP contribution in [0.25, 0.3) is 22.0 Å². The Bertz CT molecular complexity index is 3720. The average Bonchev–Trinajstić information content (AvgIpc) is 2.10. The number of benzene rings is 3. The van der Waals surface area contributed by atoms with E-state index in [4.69, 9.17) is 16.6 Å². The first kappa shape index (κ1) is 58.8. The van der Waals surface area contributed by atoms with Crippen molar-refractivity contribution in [3.05, 3.63) is 117 Å². The number of carbonyl (C=O) groups excluding carboxylic acids is 2. The van der Waals surface area contributed by atoms with E-state index in [0.29, 0.717) is 17.2 Å². The zero-order valence-electron chi connectivity index (χ0n) is 41.5. The summed E-state index contributed by atoms with van der Waals surface area (Å²) in [5.41, 5.74) is -6.16. The highest BCUT2D eigenvalue weighted by Crippen LogP contribution is 2.68. The number of phosphoric acid groups is 1. The molecule has 426 valence electrons. The van der Waals surface area contributed by atoms with E-state index >= 15 is 8.78 Å². The highest BCUT2D eigenvalue weighted by molar-refractivity contribution is 7.93. The third-order valence-corrected chi connectivity index (χ3v) is 17.3. The van der Waals surface area contributed by atoms with Crippen LogP contribution in [0.1, 0.15) is 72.6 Å². The minimum atomic E-state index is -5.35. The van der Waals surface area contributed by atoms with Crippen LogP contribution in [0.2, 0.25) is 5.02 Å². The molecule has 32 heteroatoms. The Hall–Kier alpha value is -6.33. The second-order valence-corrected chi connectivity index (χ2v) is 25.6. The lowest BCUT2D eigenvalue weighted by molar-refractivity contribution is -0.143. The zero-order valence-corrected chi connectivity index (χ0v) is 44.8. The number of rotatable bonds is 17. The molecular weight excluding hydrogens is 1160 g/mol. The van der Waals surface area contributed by atoms with Crippen molar-refractivity contribution in [1.82, 2.24) is 29.9 Å². The average molecular weight is 1200 g/mol. The Kier molecular flexibility index (Phi) is 15.1. The van der Waals surface area contributed by atoms with E-state index in [9.17, 15) is 75.9 Å². The fourth-order valence-electron chi connectivity index (χ4n) is 9.39. The molecule has 6 aromatic rings. The SMILES string of the molecule is CN(C(=O)N(c1nn(CC(F)(F)F)c2c(-c3ccc(CCC(C)(C)S(C)(=O)=O)nc3[C@H](Cc3cc(F)cc(F)c3)NC(=O)Cn3nc(C(F)(F)F)c4c3C(F)(F)C3C[C@H]43)ccc(Cl)c12)S(C)(=O)=O)c1ccccc1OP(=O)(O)O. The maximum atomic E-state index is 15.7. The summed E-state index contributed by atoms with van der Waals surface area (Å²) >= 11 is 6.72. The van der Waals surface area contributed by atoms with E-state index in [1.54, 1.807) is 0 Å². The van der Waals surface area contributed by atoms with Gasteiger partial charge < -0.3 is 9.84 Å². The molecule has 1 fully saturated rings. The number of amides is 3. The van der Waals surface area contributed by atoms with Crippen molar-refractivity contribution in [2.24, 2.45) is 5.92 Å². The number of fused-ring (bicyclic) bond motifs is 4. The van der Waals surface area contributed by atoms with Gasteiger partial charge in [-0.2, -0.15) is 49.6 Å². The molecular formula is C47H44ClF10N8O10PS2. The molecule has 3 N–H and O–H groups in total. The highest BCUT2D eigenvalue weighted by Gasteiger charge is 2.68. The number of nitrogens with zero attached hydrogens (tertiary/aromatic N) is 7. The summed E-state index contributed by atoms with van der Waals surface area (Å²) in [5.74, 6) is -12.0. The number of halogens is 11. The van der Waals surface area contributed by atoms with E-state index in [2.05, 4.69) is 20.0 Å². The summed E-state index contributed by atoms with van der Waals surface area (Å²) in [6.07, 6.45) is -10.4. The minimum absolute atomic E-state index is 0.00770. The van der Waals surface area contributed by atoms with Crippen molar-refractivity contribution < 1.29 is 89.2 Å². The number of hydrogen-bond donors (Lipinski definition) is 3. The molecule has 3 aromatic heterocycles. The fraction of sp³-hybridized carbons (Fsp3) is 0.383. The zero-order chi connectivity index (χ0) is 58.5. The molecule has 0 radical (unpaired) electrons. The van der Waals surface area contributed by atoms with Crippen LogP contribution in [0.5, 0.6) is 5.75 Å². The summed E-state index contributed by atoms with van der Waals surface area (Å²) in [7, 11) is -13.2. The fourth-order valence-corrected chi connectivity index (χ4v) is 11.4. The first-order valence-corrected chi connectivity index (χ1v) is 28.8. The van der Waals surface area contributed by atoms with Gasteiger partial charge in [-0.15, -0.1) is 0 Å². The van der Waals surface area contributed by atoms with Crippen LogP contribution in [0.15, 0.2) is 66.7 Å². The first-order valence-electron chi connectivity index (χ1n) is 23.2. The molecule has 2 aliphatic rings. The number of nitrogens with one attached hydrogen (secondary N) is 1. The number of hydrogen-bond acceptors (Lipinski definition) is 11. The quantitative estimate of drug-likeness (QED) is 0.0571. The maximum Gasteiger partial charge on any atom is 0.524 e. The number of phosphoric ester groups is 1. The number of para-hydroxylation sites is 2. The lowest BCUT2D eigenvalue weighted by atomic mass is 9.93. The predicted molar refractivity (Wildman–Crippen MR) is 264 cm³/mol. The molecule has 1 saturated carbocycles. The molecule has 79 heavy (non-hydrogen) atoms. The van der Waals surface area contributed by atoms with Gasteiger partial charge in [-0.25, -0.2) is 35.0 Å². The third kappa shape index (κ3) is 12.1. The first-order chi connectivity index (χ1) is 36.3. The molecule has 3 amide bonds. The van der Waals surface area contributed by atoms with Crippen molar-refractivity contribution >= 4 is 73.6 Å². The van der Waals surface area contributed by atoms with Gasteiger partial charge in [0.25, 0.3) is 5.92 Å². The Labute approximate surface area is 447 Å². The predicted octanol–water partition coefficient (Wildman–Crippen LogP) is 9.37. The van der Waals surface area contributed by atoms with Gasteiger partial charge in [0.05, 0.1) is 44.4 Å². The number of aromatic nitrogens is 5. The Morgan fingerprint density at radius 2 is 1.57 bits per heavy atom. The lowest BCUT2D eigenvalue weighted by Gasteiger charge is -2.26.